The van der Waals surface area contributed by atoms with Gasteiger partial charge in [0.05, 0.1) is 10.7 Å². The van der Waals surface area contributed by atoms with Gasteiger partial charge in [-0.3, -0.25) is 0 Å². The summed E-state index contributed by atoms with van der Waals surface area (Å²) in [5.74, 6) is -1.69. The maximum absolute atomic E-state index is 13.1. The topological polar surface area (TPSA) is 78.4 Å². The van der Waals surface area contributed by atoms with Crippen LogP contribution in [0.3, 0.4) is 0 Å². The number of halogens is 3. The number of hydrogen-bond acceptors (Lipinski definition) is 2. The summed E-state index contributed by atoms with van der Waals surface area (Å²) >= 11 is 8.93. The number of urea groups is 1. The minimum atomic E-state index is -1.39. The molecule has 1 aromatic rings. The molecule has 1 unspecified atom stereocenters. The lowest BCUT2D eigenvalue weighted by molar-refractivity contribution is -0.143. The Hall–Kier alpha value is -1.34. The van der Waals surface area contributed by atoms with Gasteiger partial charge < -0.3 is 15.7 Å². The summed E-state index contributed by atoms with van der Waals surface area (Å²) < 4.78 is 13.4. The van der Waals surface area contributed by atoms with Crippen LogP contribution in [0.25, 0.3) is 0 Å². The van der Waals surface area contributed by atoms with E-state index in [0.29, 0.717) is 6.42 Å². The molecule has 0 heterocycles. The number of carboxylic acids is 1. The first kappa shape index (κ1) is 17.7. The number of rotatable bonds is 5. The lowest BCUT2D eigenvalue weighted by Crippen LogP contribution is -2.53. The molecule has 1 rings (SSSR count). The number of carboxylic acid groups (broad SMARTS) is 1. The first-order valence-corrected chi connectivity index (χ1v) is 7.34. The van der Waals surface area contributed by atoms with Gasteiger partial charge in [0.15, 0.2) is 0 Å². The number of carbonyl (C=O) groups is 2. The van der Waals surface area contributed by atoms with Gasteiger partial charge in [-0.15, -0.1) is 0 Å². The fourth-order valence-electron chi connectivity index (χ4n) is 1.78. The van der Waals surface area contributed by atoms with Gasteiger partial charge in [-0.2, -0.15) is 0 Å². The monoisotopic (exact) mass is 380 g/mol. The molecule has 2 amide bonds. The zero-order valence-electron chi connectivity index (χ0n) is 11.5. The Morgan fingerprint density at radius 2 is 2.10 bits per heavy atom. The number of hydrogen-bond donors (Lipinski definition) is 3. The van der Waals surface area contributed by atoms with E-state index in [2.05, 4.69) is 26.6 Å². The maximum atomic E-state index is 13.1. The summed E-state index contributed by atoms with van der Waals surface area (Å²) in [7, 11) is 0. The third-order valence-electron chi connectivity index (χ3n) is 2.86. The molecule has 0 fully saturated rings. The van der Waals surface area contributed by atoms with Crippen molar-refractivity contribution < 1.29 is 19.1 Å². The summed E-state index contributed by atoms with van der Waals surface area (Å²) in [6.07, 6.45) is 0.859. The molecular weight excluding hydrogens is 367 g/mol. The molecule has 116 valence electrons. The van der Waals surface area contributed by atoms with Crippen molar-refractivity contribution in [1.29, 1.82) is 0 Å². The van der Waals surface area contributed by atoms with Crippen molar-refractivity contribution in [3.8, 4) is 0 Å². The number of nitrogens with one attached hydrogen (secondary N) is 2. The normalized spacial score (nSPS) is 13.4. The highest BCUT2D eigenvalue weighted by Crippen LogP contribution is 2.31. The third-order valence-corrected chi connectivity index (χ3v) is 3.78. The molecule has 1 atom stereocenters. The van der Waals surface area contributed by atoms with Crippen molar-refractivity contribution in [3.63, 3.8) is 0 Å². The largest absolute Gasteiger partial charge is 0.480 e. The molecule has 0 saturated heterocycles. The first-order valence-electron chi connectivity index (χ1n) is 6.16. The van der Waals surface area contributed by atoms with Gasteiger partial charge in [0.1, 0.15) is 11.4 Å². The summed E-state index contributed by atoms with van der Waals surface area (Å²) in [6, 6.07) is 1.46. The first-order chi connectivity index (χ1) is 9.69. The minimum absolute atomic E-state index is 0.00421. The quantitative estimate of drug-likeness (QED) is 0.721. The number of carbonyl (C=O) groups excluding carboxylic acids is 1. The van der Waals surface area contributed by atoms with E-state index in [-0.39, 0.29) is 21.6 Å². The fraction of sp³-hybridized carbons (Fsp3) is 0.385. The Morgan fingerprint density at radius 3 is 2.57 bits per heavy atom. The highest BCUT2D eigenvalue weighted by atomic mass is 79.9. The van der Waals surface area contributed by atoms with E-state index < -0.39 is 23.4 Å². The molecule has 0 radical (unpaired) electrons. The summed E-state index contributed by atoms with van der Waals surface area (Å²) in [4.78, 5) is 23.2. The zero-order valence-corrected chi connectivity index (χ0v) is 13.8. The minimum Gasteiger partial charge on any atom is -0.480 e. The number of anilines is 1. The lowest BCUT2D eigenvalue weighted by atomic mass is 9.97. The smallest absolute Gasteiger partial charge is 0.329 e. The van der Waals surface area contributed by atoms with E-state index in [9.17, 15) is 19.1 Å². The van der Waals surface area contributed by atoms with E-state index in [1.807, 2.05) is 6.92 Å². The molecule has 0 spiro atoms. The van der Waals surface area contributed by atoms with Crippen molar-refractivity contribution >= 4 is 45.2 Å². The Kier molecular flexibility index (Phi) is 5.98. The van der Waals surface area contributed by atoms with Crippen LogP contribution in [0.2, 0.25) is 5.02 Å². The Morgan fingerprint density at radius 1 is 1.48 bits per heavy atom. The molecule has 0 aromatic heterocycles. The average molecular weight is 382 g/mol. The number of aliphatic carboxylic acids is 1. The summed E-state index contributed by atoms with van der Waals surface area (Å²) in [5, 5.41) is 14.0. The molecule has 1 aromatic carbocycles. The van der Waals surface area contributed by atoms with Gasteiger partial charge in [0, 0.05) is 4.47 Å². The second-order valence-corrected chi connectivity index (χ2v) is 5.97. The molecule has 5 nitrogen and oxygen atoms in total. The van der Waals surface area contributed by atoms with E-state index in [1.54, 1.807) is 0 Å². The standard InChI is InChI=1S/C13H15BrClFN2O3/c1-3-4-13(2,11(19)20)18-12(21)17-10-8(14)5-7(16)6-9(10)15/h5-6H,3-4H2,1-2H3,(H,19,20)(H2,17,18,21). The Balaban J connectivity index is 2.89. The molecule has 0 aliphatic heterocycles. The zero-order chi connectivity index (χ0) is 16.2. The van der Waals surface area contributed by atoms with Crippen LogP contribution >= 0.6 is 27.5 Å². The van der Waals surface area contributed by atoms with Gasteiger partial charge in [-0.25, -0.2) is 14.0 Å². The summed E-state index contributed by atoms with van der Waals surface area (Å²) in [5.41, 5.74) is -1.22. The maximum Gasteiger partial charge on any atom is 0.329 e. The highest BCUT2D eigenvalue weighted by molar-refractivity contribution is 9.10. The lowest BCUT2D eigenvalue weighted by Gasteiger charge is -2.26. The van der Waals surface area contributed by atoms with Gasteiger partial charge in [0.25, 0.3) is 0 Å². The fourth-order valence-corrected chi connectivity index (χ4v) is 2.68. The van der Waals surface area contributed by atoms with Gasteiger partial charge in [-0.1, -0.05) is 24.9 Å². The van der Waals surface area contributed by atoms with Crippen molar-refractivity contribution in [2.45, 2.75) is 32.2 Å². The molecular formula is C13H15BrClFN2O3. The van der Waals surface area contributed by atoms with Crippen LogP contribution in [0.15, 0.2) is 16.6 Å². The Labute approximate surface area is 135 Å². The molecule has 8 heteroatoms. The van der Waals surface area contributed by atoms with Crippen molar-refractivity contribution in [2.24, 2.45) is 0 Å². The SMILES string of the molecule is CCCC(C)(NC(=O)Nc1c(Cl)cc(F)cc1Br)C(=O)O. The molecule has 0 aliphatic rings. The van der Waals surface area contributed by atoms with Gasteiger partial charge in [0.2, 0.25) is 0 Å². The van der Waals surface area contributed by atoms with E-state index in [0.717, 1.165) is 12.1 Å². The molecule has 21 heavy (non-hydrogen) atoms. The van der Waals surface area contributed by atoms with Crippen LogP contribution in [0.5, 0.6) is 0 Å². The second kappa shape index (κ2) is 7.09. The van der Waals surface area contributed by atoms with Gasteiger partial charge >= 0.3 is 12.0 Å². The van der Waals surface area contributed by atoms with Crippen LogP contribution in [0.1, 0.15) is 26.7 Å². The highest BCUT2D eigenvalue weighted by Gasteiger charge is 2.34. The second-order valence-electron chi connectivity index (χ2n) is 4.71. The molecule has 3 N–H and O–H groups in total. The third kappa shape index (κ3) is 4.57. The number of amides is 2. The molecule has 0 aliphatic carbocycles. The van der Waals surface area contributed by atoms with Crippen molar-refractivity contribution in [2.75, 3.05) is 5.32 Å². The van der Waals surface area contributed by atoms with Crippen molar-refractivity contribution in [3.05, 3.63) is 27.4 Å². The van der Waals surface area contributed by atoms with E-state index >= 15 is 0 Å². The van der Waals surface area contributed by atoms with E-state index in [1.165, 1.54) is 6.92 Å². The van der Waals surface area contributed by atoms with Crippen LogP contribution in [0, 0.1) is 5.82 Å². The average Bonchev–Trinajstić information content (AvgIpc) is 2.33. The van der Waals surface area contributed by atoms with Crippen LogP contribution in [0.4, 0.5) is 14.9 Å². The van der Waals surface area contributed by atoms with Crippen molar-refractivity contribution in [1.82, 2.24) is 5.32 Å². The van der Waals surface area contributed by atoms with Crippen LogP contribution < -0.4 is 10.6 Å². The van der Waals surface area contributed by atoms with Crippen LogP contribution in [-0.4, -0.2) is 22.6 Å². The number of benzene rings is 1. The Bertz CT molecular complexity index is 547. The summed E-state index contributed by atoms with van der Waals surface area (Å²) in [6.45, 7) is 3.23. The van der Waals surface area contributed by atoms with Crippen LogP contribution in [-0.2, 0) is 4.79 Å². The molecule has 0 saturated carbocycles. The predicted octanol–water partition coefficient (Wildman–Crippen LogP) is 4.01. The molecule has 0 bridgehead atoms. The van der Waals surface area contributed by atoms with E-state index in [4.69, 9.17) is 11.6 Å². The van der Waals surface area contributed by atoms with Gasteiger partial charge in [-0.05, 0) is 41.4 Å². The predicted molar refractivity (Wildman–Crippen MR) is 82.2 cm³/mol.